The molecule has 0 fully saturated rings. The SMILES string of the molecule is O=C(O)CCc1ccc(F)cc1.O=S(=O)(O)c1ccccc1. The van der Waals surface area contributed by atoms with Gasteiger partial charge in [0.05, 0.1) is 4.90 Å². The van der Waals surface area contributed by atoms with Crippen molar-refractivity contribution in [2.45, 2.75) is 17.7 Å². The molecule has 2 rings (SSSR count). The van der Waals surface area contributed by atoms with Gasteiger partial charge in [-0.3, -0.25) is 9.35 Å². The fourth-order valence-corrected chi connectivity index (χ4v) is 2.00. The van der Waals surface area contributed by atoms with Gasteiger partial charge in [0.15, 0.2) is 0 Å². The minimum absolute atomic E-state index is 0.0741. The average Bonchev–Trinajstić information content (AvgIpc) is 2.47. The largest absolute Gasteiger partial charge is 0.481 e. The average molecular weight is 326 g/mol. The number of hydrogen-bond acceptors (Lipinski definition) is 3. The van der Waals surface area contributed by atoms with E-state index in [-0.39, 0.29) is 17.1 Å². The zero-order valence-corrected chi connectivity index (χ0v) is 12.3. The van der Waals surface area contributed by atoms with Gasteiger partial charge in [-0.2, -0.15) is 8.42 Å². The van der Waals surface area contributed by atoms with Gasteiger partial charge >= 0.3 is 5.97 Å². The van der Waals surface area contributed by atoms with Gasteiger partial charge in [0.1, 0.15) is 5.82 Å². The van der Waals surface area contributed by atoms with Crippen LogP contribution in [0.2, 0.25) is 0 Å². The van der Waals surface area contributed by atoms with E-state index in [1.807, 2.05) is 0 Å². The molecule has 0 aliphatic rings. The van der Waals surface area contributed by atoms with Gasteiger partial charge in [0.25, 0.3) is 10.1 Å². The molecule has 0 aliphatic heterocycles. The molecule has 5 nitrogen and oxygen atoms in total. The Labute approximate surface area is 127 Å². The molecule has 118 valence electrons. The Balaban J connectivity index is 0.000000224. The third-order valence-electron chi connectivity index (χ3n) is 2.58. The maximum atomic E-state index is 12.4. The Morgan fingerprint density at radius 3 is 1.95 bits per heavy atom. The zero-order chi connectivity index (χ0) is 16.6. The Hall–Kier alpha value is -2.25. The van der Waals surface area contributed by atoms with Gasteiger partial charge in [-0.25, -0.2) is 4.39 Å². The predicted octanol–water partition coefficient (Wildman–Crippen LogP) is 2.78. The molecule has 0 atom stereocenters. The third kappa shape index (κ3) is 6.96. The van der Waals surface area contributed by atoms with E-state index in [0.717, 1.165) is 5.56 Å². The van der Waals surface area contributed by atoms with Crippen molar-refractivity contribution in [3.05, 3.63) is 66.0 Å². The Kier molecular flexibility index (Phi) is 6.68. The first-order valence-corrected chi connectivity index (χ1v) is 7.72. The highest BCUT2D eigenvalue weighted by atomic mass is 32.2. The molecule has 0 bridgehead atoms. The summed E-state index contributed by atoms with van der Waals surface area (Å²) in [7, 11) is -4.00. The van der Waals surface area contributed by atoms with Gasteiger partial charge in [0.2, 0.25) is 0 Å². The molecule has 0 radical (unpaired) electrons. The van der Waals surface area contributed by atoms with Crippen molar-refractivity contribution in [2.24, 2.45) is 0 Å². The van der Waals surface area contributed by atoms with Gasteiger partial charge in [-0.1, -0.05) is 30.3 Å². The predicted molar refractivity (Wildman–Crippen MR) is 78.6 cm³/mol. The topological polar surface area (TPSA) is 91.7 Å². The Morgan fingerprint density at radius 1 is 1.00 bits per heavy atom. The number of rotatable bonds is 4. The van der Waals surface area contributed by atoms with Gasteiger partial charge in [-0.05, 0) is 36.2 Å². The monoisotopic (exact) mass is 326 g/mol. The summed E-state index contributed by atoms with van der Waals surface area (Å²) in [5, 5.41) is 8.36. The molecule has 0 amide bonds. The Bertz CT molecular complexity index is 696. The van der Waals surface area contributed by atoms with Crippen LogP contribution in [0.1, 0.15) is 12.0 Å². The second-order valence-electron chi connectivity index (χ2n) is 4.31. The lowest BCUT2D eigenvalue weighted by Crippen LogP contribution is -1.97. The van der Waals surface area contributed by atoms with Gasteiger partial charge < -0.3 is 5.11 Å². The van der Waals surface area contributed by atoms with E-state index >= 15 is 0 Å². The summed E-state index contributed by atoms with van der Waals surface area (Å²) in [6.45, 7) is 0. The Morgan fingerprint density at radius 2 is 1.55 bits per heavy atom. The number of carbonyl (C=O) groups is 1. The number of carboxylic acid groups (broad SMARTS) is 1. The van der Waals surface area contributed by atoms with Crippen molar-refractivity contribution >= 4 is 16.1 Å². The molecule has 22 heavy (non-hydrogen) atoms. The van der Waals surface area contributed by atoms with Crippen LogP contribution in [-0.4, -0.2) is 24.0 Å². The van der Waals surface area contributed by atoms with E-state index in [0.29, 0.717) is 6.42 Å². The number of carboxylic acids is 1. The van der Waals surface area contributed by atoms with Crippen LogP contribution >= 0.6 is 0 Å². The summed E-state index contributed by atoms with van der Waals surface area (Å²) >= 11 is 0. The standard InChI is InChI=1S/C9H9FO2.C6H6O3S/c10-8-4-1-7(2-5-8)3-6-9(11)12;7-10(8,9)6-4-2-1-3-5-6/h1-2,4-5H,3,6H2,(H,11,12);1-5H,(H,7,8,9). The van der Waals surface area contributed by atoms with Crippen LogP contribution in [-0.2, 0) is 21.3 Å². The fourth-order valence-electron chi connectivity index (χ4n) is 1.49. The first-order valence-electron chi connectivity index (χ1n) is 6.28. The van der Waals surface area contributed by atoms with Crippen LogP contribution in [0.5, 0.6) is 0 Å². The number of halogens is 1. The summed E-state index contributed by atoms with van der Waals surface area (Å²) < 4.78 is 41.6. The maximum Gasteiger partial charge on any atom is 0.303 e. The van der Waals surface area contributed by atoms with Crippen molar-refractivity contribution in [3.63, 3.8) is 0 Å². The number of aryl methyl sites for hydroxylation is 1. The minimum Gasteiger partial charge on any atom is -0.481 e. The van der Waals surface area contributed by atoms with Crippen molar-refractivity contribution in [2.75, 3.05) is 0 Å². The van der Waals surface area contributed by atoms with E-state index in [1.165, 1.54) is 24.3 Å². The lowest BCUT2D eigenvalue weighted by atomic mass is 10.1. The van der Waals surface area contributed by atoms with Crippen LogP contribution in [0.15, 0.2) is 59.5 Å². The fraction of sp³-hybridized carbons (Fsp3) is 0.133. The highest BCUT2D eigenvalue weighted by molar-refractivity contribution is 7.85. The second-order valence-corrected chi connectivity index (χ2v) is 5.73. The molecule has 0 unspecified atom stereocenters. The quantitative estimate of drug-likeness (QED) is 0.843. The van der Waals surface area contributed by atoms with Crippen LogP contribution in [0.25, 0.3) is 0 Å². The molecule has 2 aromatic carbocycles. The van der Waals surface area contributed by atoms with E-state index in [9.17, 15) is 17.6 Å². The van der Waals surface area contributed by atoms with E-state index < -0.39 is 16.1 Å². The lowest BCUT2D eigenvalue weighted by Gasteiger charge is -1.96. The van der Waals surface area contributed by atoms with Crippen molar-refractivity contribution in [1.29, 1.82) is 0 Å². The highest BCUT2D eigenvalue weighted by Gasteiger charge is 2.05. The van der Waals surface area contributed by atoms with Gasteiger partial charge in [0, 0.05) is 6.42 Å². The summed E-state index contributed by atoms with van der Waals surface area (Å²) in [6.07, 6.45) is 0.543. The zero-order valence-electron chi connectivity index (χ0n) is 11.5. The van der Waals surface area contributed by atoms with Gasteiger partial charge in [-0.15, -0.1) is 0 Å². The second kappa shape index (κ2) is 8.26. The normalized spacial score (nSPS) is 10.5. The van der Waals surface area contributed by atoms with E-state index in [4.69, 9.17) is 9.66 Å². The van der Waals surface area contributed by atoms with Crippen molar-refractivity contribution in [1.82, 2.24) is 0 Å². The number of benzene rings is 2. The first kappa shape index (κ1) is 17.8. The van der Waals surface area contributed by atoms with Crippen LogP contribution < -0.4 is 0 Å². The molecule has 2 N–H and O–H groups in total. The lowest BCUT2D eigenvalue weighted by molar-refractivity contribution is -0.136. The molecule has 2 aromatic rings. The molecule has 0 saturated heterocycles. The molecule has 0 aliphatic carbocycles. The molecule has 0 aromatic heterocycles. The molecule has 0 saturated carbocycles. The highest BCUT2D eigenvalue weighted by Crippen LogP contribution is 2.05. The molecule has 0 spiro atoms. The maximum absolute atomic E-state index is 12.4. The van der Waals surface area contributed by atoms with E-state index in [1.54, 1.807) is 30.3 Å². The van der Waals surface area contributed by atoms with Crippen LogP contribution in [0.3, 0.4) is 0 Å². The van der Waals surface area contributed by atoms with E-state index in [2.05, 4.69) is 0 Å². The van der Waals surface area contributed by atoms with Crippen LogP contribution in [0.4, 0.5) is 4.39 Å². The molecule has 7 heteroatoms. The summed E-state index contributed by atoms with van der Waals surface area (Å²) in [4.78, 5) is 10.1. The minimum atomic E-state index is -4.00. The summed E-state index contributed by atoms with van der Waals surface area (Å²) in [6, 6.07) is 13.3. The number of aliphatic carboxylic acids is 1. The third-order valence-corrected chi connectivity index (χ3v) is 3.45. The number of hydrogen-bond donors (Lipinski definition) is 2. The van der Waals surface area contributed by atoms with Crippen molar-refractivity contribution < 1.29 is 27.3 Å². The molecular weight excluding hydrogens is 311 g/mol. The molecule has 0 heterocycles. The molecular formula is C15H15FO5S. The first-order chi connectivity index (χ1) is 10.3. The summed E-state index contributed by atoms with van der Waals surface area (Å²) in [5.74, 6) is -1.13. The smallest absolute Gasteiger partial charge is 0.303 e. The summed E-state index contributed by atoms with van der Waals surface area (Å²) in [5.41, 5.74) is 0.846. The van der Waals surface area contributed by atoms with Crippen molar-refractivity contribution in [3.8, 4) is 0 Å². The van der Waals surface area contributed by atoms with Crippen LogP contribution in [0, 0.1) is 5.82 Å².